The molecule has 5 rings (SSSR count). The average molecular weight is 503 g/mol. The molecule has 37 heavy (non-hydrogen) atoms. The summed E-state index contributed by atoms with van der Waals surface area (Å²) in [5, 5.41) is 9.18. The molecule has 2 saturated heterocycles. The molecule has 2 aromatic rings. The average Bonchev–Trinajstić information content (AvgIpc) is 3.52. The van der Waals surface area contributed by atoms with E-state index >= 15 is 4.39 Å². The lowest BCUT2D eigenvalue weighted by molar-refractivity contribution is 0.365. The van der Waals surface area contributed by atoms with Crippen LogP contribution in [0.25, 0.3) is 0 Å². The van der Waals surface area contributed by atoms with Gasteiger partial charge in [0, 0.05) is 37.4 Å². The van der Waals surface area contributed by atoms with Crippen LogP contribution < -0.4 is 15.5 Å². The van der Waals surface area contributed by atoms with E-state index in [1.165, 1.54) is 31.2 Å². The highest BCUT2D eigenvalue weighted by Gasteiger charge is 2.30. The van der Waals surface area contributed by atoms with Crippen molar-refractivity contribution >= 4 is 17.2 Å². The maximum Gasteiger partial charge on any atom is 0.148 e. The van der Waals surface area contributed by atoms with Gasteiger partial charge in [0.25, 0.3) is 0 Å². The van der Waals surface area contributed by atoms with Crippen LogP contribution >= 0.6 is 0 Å². The summed E-state index contributed by atoms with van der Waals surface area (Å²) < 4.78 is 30.3. The van der Waals surface area contributed by atoms with Gasteiger partial charge in [0.05, 0.1) is 29.2 Å². The molecule has 8 heteroatoms. The first-order valence-electron chi connectivity index (χ1n) is 13.1. The third kappa shape index (κ3) is 5.17. The van der Waals surface area contributed by atoms with E-state index in [-0.39, 0.29) is 11.4 Å². The second-order valence-corrected chi connectivity index (χ2v) is 9.75. The summed E-state index contributed by atoms with van der Waals surface area (Å²) in [6, 6.07) is 11.6. The Morgan fingerprint density at radius 1 is 0.919 bits per heavy atom. The second-order valence-electron chi connectivity index (χ2n) is 9.75. The van der Waals surface area contributed by atoms with E-state index in [4.69, 9.17) is 10.7 Å². The number of allylic oxidation sites excluding steroid dienone is 1. The molecule has 3 heterocycles. The largest absolute Gasteiger partial charge is 0.405 e. The van der Waals surface area contributed by atoms with Crippen molar-refractivity contribution in [1.29, 1.82) is 5.26 Å². The zero-order valence-electron chi connectivity index (χ0n) is 21.0. The molecule has 0 saturated carbocycles. The maximum absolute atomic E-state index is 15.6. The first-order valence-corrected chi connectivity index (χ1v) is 13.1. The topological polar surface area (TPSA) is 71.9 Å². The zero-order chi connectivity index (χ0) is 25.8. The summed E-state index contributed by atoms with van der Waals surface area (Å²) in [5.41, 5.74) is 9.20. The zero-order valence-corrected chi connectivity index (χ0v) is 21.0. The van der Waals surface area contributed by atoms with E-state index in [1.54, 1.807) is 23.1 Å². The molecule has 0 aromatic heterocycles. The maximum atomic E-state index is 15.6. The van der Waals surface area contributed by atoms with Gasteiger partial charge in [-0.2, -0.15) is 5.26 Å². The Hall–Kier alpha value is -3.86. The summed E-state index contributed by atoms with van der Waals surface area (Å²) in [4.78, 5) is 11.2. The predicted molar refractivity (Wildman–Crippen MR) is 143 cm³/mol. The smallest absolute Gasteiger partial charge is 0.148 e. The molecule has 0 amide bonds. The van der Waals surface area contributed by atoms with Crippen molar-refractivity contribution in [2.24, 2.45) is 10.7 Å². The summed E-state index contributed by atoms with van der Waals surface area (Å²) in [5.74, 6) is -0.526. The number of amidine groups is 1. The van der Waals surface area contributed by atoms with Crippen molar-refractivity contribution < 1.29 is 8.78 Å². The van der Waals surface area contributed by atoms with Crippen LogP contribution in [0, 0.1) is 23.0 Å². The van der Waals surface area contributed by atoms with Gasteiger partial charge in [0.15, 0.2) is 0 Å². The molecule has 0 aliphatic carbocycles. The predicted octanol–water partition coefficient (Wildman–Crippen LogP) is 5.26. The van der Waals surface area contributed by atoms with Crippen LogP contribution in [0.4, 0.5) is 20.2 Å². The molecule has 0 spiro atoms. The number of nitrogens with two attached hydrogens (primary N) is 1. The van der Waals surface area contributed by atoms with E-state index in [0.717, 1.165) is 68.9 Å². The van der Waals surface area contributed by atoms with Crippen LogP contribution in [0.5, 0.6) is 0 Å². The molecule has 0 atom stereocenters. The summed E-state index contributed by atoms with van der Waals surface area (Å²) in [6.07, 6.45) is 10.1. The minimum absolute atomic E-state index is 0.0397. The molecule has 0 unspecified atom stereocenters. The minimum atomic E-state index is -0.625. The van der Waals surface area contributed by atoms with Gasteiger partial charge in [-0.05, 0) is 74.4 Å². The number of nitrogens with zero attached hydrogens (tertiary/aromatic N) is 5. The highest BCUT2D eigenvalue weighted by Crippen LogP contribution is 2.33. The van der Waals surface area contributed by atoms with Crippen LogP contribution in [0.1, 0.15) is 49.7 Å². The molecule has 3 aliphatic heterocycles. The molecule has 3 aliphatic rings. The van der Waals surface area contributed by atoms with E-state index in [1.807, 2.05) is 18.2 Å². The van der Waals surface area contributed by atoms with Crippen LogP contribution in [-0.4, -0.2) is 43.5 Å². The Labute approximate surface area is 217 Å². The molecule has 192 valence electrons. The fourth-order valence-corrected chi connectivity index (χ4v) is 5.42. The number of nitriles is 1. The van der Waals surface area contributed by atoms with E-state index < -0.39 is 5.82 Å². The van der Waals surface area contributed by atoms with Crippen molar-refractivity contribution in [1.82, 2.24) is 4.90 Å². The van der Waals surface area contributed by atoms with Crippen molar-refractivity contribution in [3.05, 3.63) is 82.8 Å². The third-order valence-corrected chi connectivity index (χ3v) is 7.34. The van der Waals surface area contributed by atoms with Gasteiger partial charge in [0.1, 0.15) is 23.5 Å². The standard InChI is InChI=1S/C29H32F2N6/c30-24-17-21(7-8-22(24)19-33)29-34-26(28(11-12-32)36-15-3-1-2-4-16-36)20-37(29)27-10-9-23(18-25(27)31)35-13-5-6-14-35/h7-12,17-18H,1-6,13-16,20,32H2/b12-11-,28-26-. The summed E-state index contributed by atoms with van der Waals surface area (Å²) >= 11 is 0. The number of aliphatic imine (C=N–C) groups is 1. The summed E-state index contributed by atoms with van der Waals surface area (Å²) in [6.45, 7) is 3.98. The fraction of sp³-hybridized carbons (Fsp3) is 0.379. The molecule has 2 aromatic carbocycles. The Morgan fingerprint density at radius 2 is 1.65 bits per heavy atom. The van der Waals surface area contributed by atoms with E-state index in [9.17, 15) is 9.65 Å². The highest BCUT2D eigenvalue weighted by atomic mass is 19.1. The van der Waals surface area contributed by atoms with E-state index in [0.29, 0.717) is 23.6 Å². The van der Waals surface area contributed by atoms with Crippen molar-refractivity contribution in [2.75, 3.05) is 42.5 Å². The van der Waals surface area contributed by atoms with Crippen LogP contribution in [0.2, 0.25) is 0 Å². The lowest BCUT2D eigenvalue weighted by Crippen LogP contribution is -2.30. The lowest BCUT2D eigenvalue weighted by atomic mass is 10.1. The van der Waals surface area contributed by atoms with E-state index in [2.05, 4.69) is 9.80 Å². The van der Waals surface area contributed by atoms with Crippen molar-refractivity contribution in [2.45, 2.75) is 38.5 Å². The first kappa shape index (κ1) is 24.8. The number of benzene rings is 2. The Morgan fingerprint density at radius 3 is 2.30 bits per heavy atom. The fourth-order valence-electron chi connectivity index (χ4n) is 5.42. The minimum Gasteiger partial charge on any atom is -0.405 e. The van der Waals surface area contributed by atoms with Crippen LogP contribution in [0.15, 0.2) is 65.1 Å². The SMILES string of the molecule is N#Cc1ccc(C2=N/C(=C(/C=C\N)N3CCCCCC3)CN2c2ccc(N3CCCC3)cc2F)cc1F. The number of hydrogen-bond acceptors (Lipinski definition) is 6. The molecule has 6 nitrogen and oxygen atoms in total. The molecule has 0 radical (unpaired) electrons. The van der Waals surface area contributed by atoms with Crippen molar-refractivity contribution in [3.63, 3.8) is 0 Å². The molecule has 2 fully saturated rings. The summed E-state index contributed by atoms with van der Waals surface area (Å²) in [7, 11) is 0. The molecular weight excluding hydrogens is 470 g/mol. The Kier molecular flexibility index (Phi) is 7.40. The van der Waals surface area contributed by atoms with Gasteiger partial charge >= 0.3 is 0 Å². The van der Waals surface area contributed by atoms with Gasteiger partial charge in [0.2, 0.25) is 0 Å². The van der Waals surface area contributed by atoms with Gasteiger partial charge in [-0.1, -0.05) is 12.8 Å². The Bertz CT molecular complexity index is 1280. The molecule has 0 bridgehead atoms. The quantitative estimate of drug-likeness (QED) is 0.604. The monoisotopic (exact) mass is 502 g/mol. The van der Waals surface area contributed by atoms with Gasteiger partial charge in [-0.15, -0.1) is 0 Å². The number of halogens is 2. The van der Waals surface area contributed by atoms with Crippen molar-refractivity contribution in [3.8, 4) is 6.07 Å². The number of likely N-dealkylation sites (tertiary alicyclic amines) is 1. The third-order valence-electron chi connectivity index (χ3n) is 7.34. The number of anilines is 2. The lowest BCUT2D eigenvalue weighted by Gasteiger charge is -2.26. The number of hydrogen-bond donors (Lipinski definition) is 1. The van der Waals surface area contributed by atoms with Gasteiger partial charge < -0.3 is 20.4 Å². The molecule has 2 N–H and O–H groups in total. The van der Waals surface area contributed by atoms with Crippen LogP contribution in [-0.2, 0) is 0 Å². The number of rotatable bonds is 5. The first-order chi connectivity index (χ1) is 18.1. The normalized spacial score (nSPS) is 19.8. The van der Waals surface area contributed by atoms with Gasteiger partial charge in [-0.25, -0.2) is 13.8 Å². The Balaban J connectivity index is 1.58. The molecular formula is C29H32F2N6. The highest BCUT2D eigenvalue weighted by molar-refractivity contribution is 6.12. The van der Waals surface area contributed by atoms with Gasteiger partial charge in [-0.3, -0.25) is 0 Å². The van der Waals surface area contributed by atoms with Crippen LogP contribution in [0.3, 0.4) is 0 Å². The second kappa shape index (κ2) is 11.0.